The molecule has 0 spiro atoms. The first-order valence-corrected chi connectivity index (χ1v) is 5.12. The zero-order valence-electron chi connectivity index (χ0n) is 9.21. The van der Waals surface area contributed by atoms with E-state index < -0.39 is 0 Å². The number of rotatable bonds is 5. The first-order chi connectivity index (χ1) is 6.76. The van der Waals surface area contributed by atoms with Gasteiger partial charge in [0.15, 0.2) is 0 Å². The molecule has 0 saturated heterocycles. The first kappa shape index (κ1) is 11.1. The second-order valence-electron chi connectivity index (χ2n) is 3.51. The number of benzene rings is 1. The van der Waals surface area contributed by atoms with Crippen LogP contribution in [-0.2, 0) is 6.42 Å². The fraction of sp³-hybridized carbons (Fsp3) is 0.500. The molecule has 1 aromatic carbocycles. The minimum Gasteiger partial charge on any atom is -0.497 e. The van der Waals surface area contributed by atoms with E-state index in [1.54, 1.807) is 7.11 Å². The maximum absolute atomic E-state index is 5.18. The second-order valence-corrected chi connectivity index (χ2v) is 3.51. The molecular formula is C12H19NO. The van der Waals surface area contributed by atoms with Crippen molar-refractivity contribution in [3.63, 3.8) is 0 Å². The Labute approximate surface area is 86.3 Å². The van der Waals surface area contributed by atoms with Gasteiger partial charge in [0, 0.05) is 6.04 Å². The molecule has 0 aliphatic heterocycles. The van der Waals surface area contributed by atoms with Crippen LogP contribution < -0.4 is 10.1 Å². The van der Waals surface area contributed by atoms with Gasteiger partial charge in [0.2, 0.25) is 0 Å². The summed E-state index contributed by atoms with van der Waals surface area (Å²) < 4.78 is 5.18. The third-order valence-corrected chi connectivity index (χ3v) is 2.23. The van der Waals surface area contributed by atoms with Crippen molar-refractivity contribution in [2.24, 2.45) is 0 Å². The van der Waals surface area contributed by atoms with Crippen molar-refractivity contribution in [2.45, 2.75) is 26.3 Å². The molecule has 0 aromatic heterocycles. The van der Waals surface area contributed by atoms with Crippen LogP contribution in [0.3, 0.4) is 0 Å². The molecule has 2 heteroatoms. The average molecular weight is 193 g/mol. The maximum Gasteiger partial charge on any atom is 0.119 e. The molecule has 0 aliphatic rings. The summed E-state index contributed by atoms with van der Waals surface area (Å²) in [5.41, 5.74) is 1.32. The number of likely N-dealkylation sites (N-methyl/N-ethyl adjacent to an activating group) is 1. The highest BCUT2D eigenvalue weighted by Gasteiger charge is 2.02. The van der Waals surface area contributed by atoms with Gasteiger partial charge in [-0.25, -0.2) is 0 Å². The topological polar surface area (TPSA) is 21.3 Å². The molecular weight excluding hydrogens is 174 g/mol. The van der Waals surface area contributed by atoms with E-state index in [2.05, 4.69) is 31.3 Å². The molecule has 0 radical (unpaired) electrons. The predicted octanol–water partition coefficient (Wildman–Crippen LogP) is 2.24. The summed E-state index contributed by atoms with van der Waals surface area (Å²) in [7, 11) is 1.70. The van der Waals surface area contributed by atoms with Gasteiger partial charge >= 0.3 is 0 Å². The smallest absolute Gasteiger partial charge is 0.119 e. The monoisotopic (exact) mass is 193 g/mol. The Balaban J connectivity index is 2.57. The van der Waals surface area contributed by atoms with E-state index in [9.17, 15) is 0 Å². The van der Waals surface area contributed by atoms with Crippen LogP contribution in [0.2, 0.25) is 0 Å². The molecule has 1 rings (SSSR count). The van der Waals surface area contributed by atoms with Gasteiger partial charge in [0.25, 0.3) is 0 Å². The van der Waals surface area contributed by atoms with Gasteiger partial charge < -0.3 is 10.1 Å². The summed E-state index contributed by atoms with van der Waals surface area (Å²) in [4.78, 5) is 0. The summed E-state index contributed by atoms with van der Waals surface area (Å²) >= 11 is 0. The van der Waals surface area contributed by atoms with Crippen LogP contribution in [0.1, 0.15) is 19.4 Å². The van der Waals surface area contributed by atoms with Gasteiger partial charge in [0.1, 0.15) is 5.75 Å². The number of ether oxygens (including phenoxy) is 1. The zero-order valence-corrected chi connectivity index (χ0v) is 9.21. The van der Waals surface area contributed by atoms with E-state index in [4.69, 9.17) is 4.74 Å². The lowest BCUT2D eigenvalue weighted by Crippen LogP contribution is -2.27. The Hall–Kier alpha value is -1.02. The zero-order chi connectivity index (χ0) is 10.4. The van der Waals surface area contributed by atoms with Crippen LogP contribution in [-0.4, -0.2) is 19.7 Å². The number of hydrogen-bond donors (Lipinski definition) is 1. The lowest BCUT2D eigenvalue weighted by atomic mass is 10.1. The number of nitrogens with one attached hydrogen (secondary N) is 1. The molecule has 0 heterocycles. The second kappa shape index (κ2) is 5.66. The normalized spacial score (nSPS) is 12.5. The Morgan fingerprint density at radius 2 is 2.21 bits per heavy atom. The summed E-state index contributed by atoms with van der Waals surface area (Å²) in [6.07, 6.45) is 1.05. The van der Waals surface area contributed by atoms with Gasteiger partial charge in [-0.05, 0) is 37.6 Å². The Morgan fingerprint density at radius 3 is 2.86 bits per heavy atom. The third-order valence-electron chi connectivity index (χ3n) is 2.23. The van der Waals surface area contributed by atoms with Gasteiger partial charge in [-0.2, -0.15) is 0 Å². The van der Waals surface area contributed by atoms with Crippen molar-refractivity contribution in [3.8, 4) is 5.75 Å². The molecule has 2 nitrogen and oxygen atoms in total. The molecule has 1 atom stereocenters. The Morgan fingerprint density at radius 1 is 1.43 bits per heavy atom. The van der Waals surface area contributed by atoms with Crippen LogP contribution in [0.15, 0.2) is 24.3 Å². The SMILES string of the molecule is CCNC(C)Cc1cccc(OC)c1. The molecule has 1 unspecified atom stereocenters. The van der Waals surface area contributed by atoms with Crippen molar-refractivity contribution in [1.82, 2.24) is 5.32 Å². The molecule has 0 bridgehead atoms. The molecule has 78 valence electrons. The lowest BCUT2D eigenvalue weighted by molar-refractivity contribution is 0.414. The fourth-order valence-corrected chi connectivity index (χ4v) is 1.57. The molecule has 14 heavy (non-hydrogen) atoms. The highest BCUT2D eigenvalue weighted by Crippen LogP contribution is 2.13. The van der Waals surface area contributed by atoms with Crippen LogP contribution in [0.25, 0.3) is 0 Å². The Bertz CT molecular complexity index is 273. The quantitative estimate of drug-likeness (QED) is 0.774. The van der Waals surface area contributed by atoms with Gasteiger partial charge in [-0.15, -0.1) is 0 Å². The molecule has 1 N–H and O–H groups in total. The van der Waals surface area contributed by atoms with Crippen molar-refractivity contribution in [1.29, 1.82) is 0 Å². The minimum absolute atomic E-state index is 0.520. The summed E-state index contributed by atoms with van der Waals surface area (Å²) in [6, 6.07) is 8.76. The van der Waals surface area contributed by atoms with E-state index in [-0.39, 0.29) is 0 Å². The van der Waals surface area contributed by atoms with Crippen LogP contribution >= 0.6 is 0 Å². The van der Waals surface area contributed by atoms with Gasteiger partial charge in [-0.3, -0.25) is 0 Å². The summed E-state index contributed by atoms with van der Waals surface area (Å²) in [5, 5.41) is 3.39. The molecule has 1 aromatic rings. The van der Waals surface area contributed by atoms with Crippen molar-refractivity contribution >= 4 is 0 Å². The Kier molecular flexibility index (Phi) is 4.47. The largest absolute Gasteiger partial charge is 0.497 e. The summed E-state index contributed by atoms with van der Waals surface area (Å²) in [5.74, 6) is 0.936. The highest BCUT2D eigenvalue weighted by atomic mass is 16.5. The highest BCUT2D eigenvalue weighted by molar-refractivity contribution is 5.28. The molecule has 0 fully saturated rings. The fourth-order valence-electron chi connectivity index (χ4n) is 1.57. The van der Waals surface area contributed by atoms with Gasteiger partial charge in [-0.1, -0.05) is 19.1 Å². The number of methoxy groups -OCH3 is 1. The average Bonchev–Trinajstić information content (AvgIpc) is 2.18. The van der Waals surface area contributed by atoms with Crippen LogP contribution in [0, 0.1) is 0 Å². The van der Waals surface area contributed by atoms with E-state index in [1.807, 2.05) is 12.1 Å². The van der Waals surface area contributed by atoms with Crippen molar-refractivity contribution in [2.75, 3.05) is 13.7 Å². The molecule has 0 aliphatic carbocycles. The first-order valence-electron chi connectivity index (χ1n) is 5.12. The van der Waals surface area contributed by atoms with E-state index in [0.29, 0.717) is 6.04 Å². The standard InChI is InChI=1S/C12H19NO/c1-4-13-10(2)8-11-6-5-7-12(9-11)14-3/h5-7,9-10,13H,4,8H2,1-3H3. The predicted molar refractivity (Wildman–Crippen MR) is 59.8 cm³/mol. The van der Waals surface area contributed by atoms with Gasteiger partial charge in [0.05, 0.1) is 7.11 Å². The van der Waals surface area contributed by atoms with Crippen molar-refractivity contribution < 1.29 is 4.74 Å². The lowest BCUT2D eigenvalue weighted by Gasteiger charge is -2.12. The molecule has 0 amide bonds. The van der Waals surface area contributed by atoms with Crippen LogP contribution in [0.5, 0.6) is 5.75 Å². The van der Waals surface area contributed by atoms with Crippen molar-refractivity contribution in [3.05, 3.63) is 29.8 Å². The number of hydrogen-bond acceptors (Lipinski definition) is 2. The maximum atomic E-state index is 5.18. The third kappa shape index (κ3) is 3.38. The van der Waals surface area contributed by atoms with E-state index >= 15 is 0 Å². The summed E-state index contributed by atoms with van der Waals surface area (Å²) in [6.45, 7) is 5.34. The molecule has 0 saturated carbocycles. The van der Waals surface area contributed by atoms with E-state index in [1.165, 1.54) is 5.56 Å². The van der Waals surface area contributed by atoms with Crippen LogP contribution in [0.4, 0.5) is 0 Å². The van der Waals surface area contributed by atoms with E-state index in [0.717, 1.165) is 18.7 Å². The minimum atomic E-state index is 0.520.